The van der Waals surface area contributed by atoms with Crippen LogP contribution in [0.4, 0.5) is 8.78 Å². The van der Waals surface area contributed by atoms with Crippen molar-refractivity contribution >= 4 is 0 Å². The second-order valence-electron chi connectivity index (χ2n) is 3.40. The number of pyridine rings is 1. The van der Waals surface area contributed by atoms with Gasteiger partial charge in [0.1, 0.15) is 23.1 Å². The molecular weight excluding hydrogens is 228 g/mol. The van der Waals surface area contributed by atoms with Crippen LogP contribution in [-0.2, 0) is 0 Å². The number of hydrogen-bond donors (Lipinski definition) is 1. The lowest BCUT2D eigenvalue weighted by molar-refractivity contribution is 0.407. The Labute approximate surface area is 96.3 Å². The Kier molecular flexibility index (Phi) is 2.91. The van der Waals surface area contributed by atoms with E-state index in [0.29, 0.717) is 0 Å². The molecule has 88 valence electrons. The zero-order chi connectivity index (χ0) is 12.4. The van der Waals surface area contributed by atoms with E-state index in [9.17, 15) is 13.9 Å². The van der Waals surface area contributed by atoms with E-state index >= 15 is 0 Å². The van der Waals surface area contributed by atoms with Gasteiger partial charge < -0.3 is 9.84 Å². The predicted molar refractivity (Wildman–Crippen MR) is 57.8 cm³/mol. The molecule has 0 saturated heterocycles. The van der Waals surface area contributed by atoms with Crippen molar-refractivity contribution in [2.45, 2.75) is 0 Å². The molecule has 0 aliphatic heterocycles. The van der Waals surface area contributed by atoms with Crippen molar-refractivity contribution in [1.29, 1.82) is 0 Å². The van der Waals surface area contributed by atoms with Crippen LogP contribution in [-0.4, -0.2) is 17.2 Å². The highest BCUT2D eigenvalue weighted by Gasteiger charge is 2.14. The average Bonchev–Trinajstić information content (AvgIpc) is 2.28. The maximum atomic E-state index is 13.7. The molecule has 0 bridgehead atoms. The van der Waals surface area contributed by atoms with Crippen molar-refractivity contribution in [2.75, 3.05) is 7.11 Å². The highest BCUT2D eigenvalue weighted by atomic mass is 19.1. The number of aromatic hydroxyl groups is 1. The molecule has 17 heavy (non-hydrogen) atoms. The number of halogens is 2. The van der Waals surface area contributed by atoms with Gasteiger partial charge in [-0.1, -0.05) is 0 Å². The SMILES string of the molecule is COc1cc(F)c(-c2cncc(O)c2)c(F)c1. The number of nitrogens with zero attached hydrogens (tertiary/aromatic N) is 1. The van der Waals surface area contributed by atoms with Crippen LogP contribution in [0.25, 0.3) is 11.1 Å². The molecule has 5 heteroatoms. The monoisotopic (exact) mass is 237 g/mol. The molecule has 0 radical (unpaired) electrons. The number of aromatic nitrogens is 1. The summed E-state index contributed by atoms with van der Waals surface area (Å²) in [5.41, 5.74) is -0.0724. The van der Waals surface area contributed by atoms with Crippen molar-refractivity contribution < 1.29 is 18.6 Å². The van der Waals surface area contributed by atoms with Gasteiger partial charge in [-0.05, 0) is 6.07 Å². The quantitative estimate of drug-likeness (QED) is 0.873. The van der Waals surface area contributed by atoms with Gasteiger partial charge in [-0.2, -0.15) is 0 Å². The number of methoxy groups -OCH3 is 1. The van der Waals surface area contributed by atoms with Crippen molar-refractivity contribution in [3.05, 3.63) is 42.2 Å². The minimum atomic E-state index is -0.769. The third-order valence-corrected chi connectivity index (χ3v) is 2.26. The second-order valence-corrected chi connectivity index (χ2v) is 3.40. The van der Waals surface area contributed by atoms with Gasteiger partial charge in [0.05, 0.1) is 18.9 Å². The number of hydrogen-bond acceptors (Lipinski definition) is 3. The summed E-state index contributed by atoms with van der Waals surface area (Å²) < 4.78 is 32.1. The summed E-state index contributed by atoms with van der Waals surface area (Å²) in [6.07, 6.45) is 2.45. The third kappa shape index (κ3) is 2.18. The highest BCUT2D eigenvalue weighted by molar-refractivity contribution is 5.66. The molecule has 0 spiro atoms. The van der Waals surface area contributed by atoms with E-state index in [1.54, 1.807) is 0 Å². The molecule has 1 aromatic heterocycles. The van der Waals surface area contributed by atoms with Crippen LogP contribution in [0.15, 0.2) is 30.6 Å². The third-order valence-electron chi connectivity index (χ3n) is 2.26. The maximum Gasteiger partial charge on any atom is 0.137 e. The first-order valence-corrected chi connectivity index (χ1v) is 4.79. The summed E-state index contributed by atoms with van der Waals surface area (Å²) in [6, 6.07) is 3.38. The van der Waals surface area contributed by atoms with Crippen LogP contribution in [0.5, 0.6) is 11.5 Å². The summed E-state index contributed by atoms with van der Waals surface area (Å²) in [5, 5.41) is 9.22. The minimum Gasteiger partial charge on any atom is -0.506 e. The van der Waals surface area contributed by atoms with E-state index in [0.717, 1.165) is 12.1 Å². The summed E-state index contributed by atoms with van der Waals surface area (Å²) in [5.74, 6) is -1.60. The molecule has 1 N–H and O–H groups in total. The van der Waals surface area contributed by atoms with Crippen LogP contribution < -0.4 is 4.74 Å². The number of ether oxygens (including phenoxy) is 1. The summed E-state index contributed by atoms with van der Waals surface area (Å²) in [6.45, 7) is 0. The highest BCUT2D eigenvalue weighted by Crippen LogP contribution is 2.30. The summed E-state index contributed by atoms with van der Waals surface area (Å²) in [4.78, 5) is 3.67. The fourth-order valence-corrected chi connectivity index (χ4v) is 1.51. The fraction of sp³-hybridized carbons (Fsp3) is 0.0833. The molecule has 2 aromatic rings. The normalized spacial score (nSPS) is 10.3. The van der Waals surface area contributed by atoms with Gasteiger partial charge in [-0.15, -0.1) is 0 Å². The van der Waals surface area contributed by atoms with E-state index in [1.165, 1.54) is 25.6 Å². The Morgan fingerprint density at radius 3 is 2.29 bits per heavy atom. The van der Waals surface area contributed by atoms with Crippen LogP contribution in [0, 0.1) is 11.6 Å². The van der Waals surface area contributed by atoms with Crippen LogP contribution in [0.2, 0.25) is 0 Å². The van der Waals surface area contributed by atoms with Gasteiger partial charge in [0, 0.05) is 23.9 Å². The van der Waals surface area contributed by atoms with Crippen LogP contribution >= 0.6 is 0 Å². The lowest BCUT2D eigenvalue weighted by Crippen LogP contribution is -1.93. The molecule has 1 heterocycles. The first kappa shape index (κ1) is 11.3. The second kappa shape index (κ2) is 4.37. The molecule has 3 nitrogen and oxygen atoms in total. The summed E-state index contributed by atoms with van der Waals surface area (Å²) >= 11 is 0. The van der Waals surface area contributed by atoms with Crippen molar-refractivity contribution in [2.24, 2.45) is 0 Å². The van der Waals surface area contributed by atoms with E-state index in [2.05, 4.69) is 4.98 Å². The van der Waals surface area contributed by atoms with Crippen molar-refractivity contribution in [1.82, 2.24) is 4.98 Å². The van der Waals surface area contributed by atoms with Gasteiger partial charge in [0.2, 0.25) is 0 Å². The Balaban J connectivity index is 2.60. The molecule has 0 amide bonds. The van der Waals surface area contributed by atoms with E-state index in [-0.39, 0.29) is 22.6 Å². The molecular formula is C12H9F2NO2. The molecule has 0 atom stereocenters. The first-order valence-electron chi connectivity index (χ1n) is 4.79. The molecule has 0 aliphatic rings. The smallest absolute Gasteiger partial charge is 0.137 e. The van der Waals surface area contributed by atoms with Crippen molar-refractivity contribution in [3.8, 4) is 22.6 Å². The predicted octanol–water partition coefficient (Wildman–Crippen LogP) is 2.74. The topological polar surface area (TPSA) is 42.4 Å². The van der Waals surface area contributed by atoms with Gasteiger partial charge >= 0.3 is 0 Å². The van der Waals surface area contributed by atoms with Gasteiger partial charge in [0.25, 0.3) is 0 Å². The van der Waals surface area contributed by atoms with E-state index in [1.807, 2.05) is 0 Å². The Morgan fingerprint density at radius 1 is 1.12 bits per heavy atom. The molecule has 0 fully saturated rings. The molecule has 0 aliphatic carbocycles. The fourth-order valence-electron chi connectivity index (χ4n) is 1.51. The van der Waals surface area contributed by atoms with Crippen molar-refractivity contribution in [3.63, 3.8) is 0 Å². The lowest BCUT2D eigenvalue weighted by atomic mass is 10.1. The Hall–Kier alpha value is -2.17. The van der Waals surface area contributed by atoms with E-state index < -0.39 is 11.6 Å². The first-order chi connectivity index (χ1) is 8.11. The van der Waals surface area contributed by atoms with Crippen LogP contribution in [0.3, 0.4) is 0 Å². The molecule has 2 rings (SSSR count). The standard InChI is InChI=1S/C12H9F2NO2/c1-17-9-3-10(13)12(11(14)4-9)7-2-8(16)6-15-5-7/h2-6,16H,1H3. The number of rotatable bonds is 2. The molecule has 0 saturated carbocycles. The zero-order valence-corrected chi connectivity index (χ0v) is 8.95. The zero-order valence-electron chi connectivity index (χ0n) is 8.95. The number of benzene rings is 1. The maximum absolute atomic E-state index is 13.7. The largest absolute Gasteiger partial charge is 0.506 e. The Bertz CT molecular complexity index is 535. The van der Waals surface area contributed by atoms with Crippen LogP contribution in [0.1, 0.15) is 0 Å². The minimum absolute atomic E-state index is 0.0943. The molecule has 1 aromatic carbocycles. The van der Waals surface area contributed by atoms with Gasteiger partial charge in [-0.3, -0.25) is 4.98 Å². The van der Waals surface area contributed by atoms with E-state index in [4.69, 9.17) is 4.74 Å². The van der Waals surface area contributed by atoms with Gasteiger partial charge in [0.15, 0.2) is 0 Å². The lowest BCUT2D eigenvalue weighted by Gasteiger charge is -2.07. The molecule has 0 unspecified atom stereocenters. The van der Waals surface area contributed by atoms with Gasteiger partial charge in [-0.25, -0.2) is 8.78 Å². The Morgan fingerprint density at radius 2 is 1.76 bits per heavy atom. The average molecular weight is 237 g/mol. The summed E-state index contributed by atoms with van der Waals surface area (Å²) in [7, 11) is 1.32.